The van der Waals surface area contributed by atoms with Gasteiger partial charge in [-0.2, -0.15) is 0 Å². The van der Waals surface area contributed by atoms with Crippen molar-refractivity contribution in [2.75, 3.05) is 32.7 Å². The van der Waals surface area contributed by atoms with Crippen LogP contribution in [-0.4, -0.2) is 59.4 Å². The van der Waals surface area contributed by atoms with Crippen LogP contribution in [0, 0.1) is 0 Å². The van der Waals surface area contributed by atoms with Crippen LogP contribution in [0.2, 0.25) is 0 Å². The number of hydrogen-bond acceptors (Lipinski definition) is 8. The van der Waals surface area contributed by atoms with Crippen LogP contribution in [0.25, 0.3) is 0 Å². The number of benzene rings is 4. The second kappa shape index (κ2) is 21.9. The average molecular weight is 963 g/mol. The molecule has 4 amide bonds. The second-order valence-electron chi connectivity index (χ2n) is 20.5. The summed E-state index contributed by atoms with van der Waals surface area (Å²) in [4.78, 5) is 55.6. The van der Waals surface area contributed by atoms with Crippen LogP contribution >= 0.6 is 0 Å². The van der Waals surface area contributed by atoms with Crippen LogP contribution < -0.4 is 29.8 Å². The number of amides is 4. The molecular weight excluding hydrogens is 881 g/mol. The number of anilines is 4. The fourth-order valence-corrected chi connectivity index (χ4v) is 9.70. The minimum absolute atomic E-state index is 0. The van der Waals surface area contributed by atoms with Crippen molar-refractivity contribution < 1.29 is 39.6 Å². The lowest BCUT2D eigenvalue weighted by Crippen LogP contribution is -2.41. The molecule has 384 valence electrons. The molecule has 2 N–H and O–H groups in total. The molecule has 4 aromatic rings. The first-order chi connectivity index (χ1) is 31.6. The first-order valence-corrected chi connectivity index (χ1v) is 24.1. The highest BCUT2D eigenvalue weighted by molar-refractivity contribution is 6.10. The van der Waals surface area contributed by atoms with Gasteiger partial charge in [0.15, 0.2) is 0 Å². The molecule has 4 aliphatic rings. The predicted molar refractivity (Wildman–Crippen MR) is 281 cm³/mol. The summed E-state index contributed by atoms with van der Waals surface area (Å²) >= 11 is 0. The molecule has 4 aliphatic heterocycles. The van der Waals surface area contributed by atoms with Crippen LogP contribution in [-0.2, 0) is 53.7 Å². The number of carbonyl (C=O) groups excluding carboxylic acids is 4. The number of aliphatic hydroxyl groups excluding tert-OH is 2. The van der Waals surface area contributed by atoms with E-state index in [1.807, 2.05) is 111 Å². The van der Waals surface area contributed by atoms with E-state index < -0.39 is 40.9 Å². The molecule has 0 bridgehead atoms. The molecule has 12 heteroatoms. The molecule has 4 atom stereocenters. The summed E-state index contributed by atoms with van der Waals surface area (Å²) in [5, 5.41) is 42.5. The normalized spacial score (nSPS) is 18.8. The van der Waals surface area contributed by atoms with Crippen molar-refractivity contribution in [3.8, 4) is 0 Å². The number of aryl methyl sites for hydroxylation is 2. The summed E-state index contributed by atoms with van der Waals surface area (Å²) in [6, 6.07) is 23.4. The van der Waals surface area contributed by atoms with E-state index in [2.05, 4.69) is 38.1 Å². The maximum atomic E-state index is 12.3. The summed E-state index contributed by atoms with van der Waals surface area (Å²) in [6.45, 7) is 31.3. The van der Waals surface area contributed by atoms with Gasteiger partial charge in [0.1, 0.15) is 12.5 Å². The van der Waals surface area contributed by atoms with E-state index in [-0.39, 0.29) is 43.9 Å². The summed E-state index contributed by atoms with van der Waals surface area (Å²) in [7, 11) is 0. The molecule has 0 saturated heterocycles. The Morgan fingerprint density at radius 3 is 1.03 bits per heavy atom. The quantitative estimate of drug-likeness (QED) is 0.176. The molecule has 0 saturated carbocycles. The van der Waals surface area contributed by atoms with Gasteiger partial charge in [0.2, 0.25) is 23.6 Å². The zero-order valence-electron chi connectivity index (χ0n) is 43.2. The van der Waals surface area contributed by atoms with E-state index >= 15 is 0 Å². The van der Waals surface area contributed by atoms with E-state index in [9.17, 15) is 39.6 Å². The van der Waals surface area contributed by atoms with E-state index in [0.717, 1.165) is 64.3 Å². The van der Waals surface area contributed by atoms with Crippen molar-refractivity contribution in [1.29, 1.82) is 0 Å². The van der Waals surface area contributed by atoms with Crippen molar-refractivity contribution in [1.82, 2.24) is 0 Å². The monoisotopic (exact) mass is 963 g/mol. The molecule has 12 nitrogen and oxygen atoms in total. The number of carbonyl (C=O) groups is 4. The Balaban J connectivity index is 0.000000245. The zero-order valence-corrected chi connectivity index (χ0v) is 43.2. The van der Waals surface area contributed by atoms with Crippen LogP contribution in [0.4, 0.5) is 22.7 Å². The minimum atomic E-state index is -0.893. The zero-order chi connectivity index (χ0) is 51.2. The number of rotatable bonds is 8. The van der Waals surface area contributed by atoms with Gasteiger partial charge in [-0.15, -0.1) is 12.2 Å². The molecule has 0 aromatic heterocycles. The van der Waals surface area contributed by atoms with Crippen molar-refractivity contribution in [2.45, 2.75) is 185 Å². The Hall–Kier alpha value is -5.40. The Labute approximate surface area is 419 Å². The maximum Gasteiger partial charge on any atom is 0.239 e. The maximum absolute atomic E-state index is 12.3. The second-order valence-corrected chi connectivity index (χ2v) is 20.5. The SMILES string of the molecule is C.C.CC([O-])c1ccc2c(c1)N(C(C)O)C(=O)C2(C)C.CCN1C(=O)C(C)(C)c2ccc(C(C)[O-])cc21.CCc1ccc2c(c1)N(C(C)O)C(=O)C2(C)C.CCc1ccc2c(c1)N(CC)C(=O)C2(C)C. The lowest BCUT2D eigenvalue weighted by atomic mass is 9.85. The van der Waals surface area contributed by atoms with Gasteiger partial charge in [-0.25, -0.2) is 0 Å². The smallest absolute Gasteiger partial charge is 0.239 e. The van der Waals surface area contributed by atoms with Crippen LogP contribution in [0.5, 0.6) is 0 Å². The third-order valence-electron chi connectivity index (χ3n) is 14.2. The summed E-state index contributed by atoms with van der Waals surface area (Å²) in [5.74, 6) is 0.169. The average Bonchev–Trinajstić information content (AvgIpc) is 3.79. The minimum Gasteiger partial charge on any atom is -0.849 e. The largest absolute Gasteiger partial charge is 0.849 e. The van der Waals surface area contributed by atoms with Crippen molar-refractivity contribution in [3.05, 3.63) is 117 Å². The van der Waals surface area contributed by atoms with Gasteiger partial charge in [0.25, 0.3) is 0 Å². The van der Waals surface area contributed by atoms with Crippen LogP contribution in [0.3, 0.4) is 0 Å². The van der Waals surface area contributed by atoms with Gasteiger partial charge < -0.3 is 30.2 Å². The Morgan fingerprint density at radius 2 is 0.714 bits per heavy atom. The van der Waals surface area contributed by atoms with Gasteiger partial charge in [-0.3, -0.25) is 29.0 Å². The highest BCUT2D eigenvalue weighted by Gasteiger charge is 2.47. The third kappa shape index (κ3) is 10.5. The van der Waals surface area contributed by atoms with Gasteiger partial charge >= 0.3 is 0 Å². The molecule has 4 unspecified atom stereocenters. The Kier molecular flexibility index (Phi) is 18.5. The van der Waals surface area contributed by atoms with Gasteiger partial charge in [0, 0.05) is 24.5 Å². The van der Waals surface area contributed by atoms with E-state index in [4.69, 9.17) is 0 Å². The Morgan fingerprint density at radius 1 is 0.443 bits per heavy atom. The molecule has 0 aliphatic carbocycles. The van der Waals surface area contributed by atoms with Crippen molar-refractivity contribution in [2.24, 2.45) is 0 Å². The summed E-state index contributed by atoms with van der Waals surface area (Å²) < 4.78 is 0. The van der Waals surface area contributed by atoms with Gasteiger partial charge in [-0.05, 0) is 154 Å². The highest BCUT2D eigenvalue weighted by Crippen LogP contribution is 2.46. The molecule has 0 spiro atoms. The fraction of sp³-hybridized carbons (Fsp3) is 0.517. The van der Waals surface area contributed by atoms with Gasteiger partial charge in [-0.1, -0.05) is 102 Å². The van der Waals surface area contributed by atoms with Crippen LogP contribution in [0.15, 0.2) is 72.8 Å². The predicted octanol–water partition coefficient (Wildman–Crippen LogP) is 9.20. The topological polar surface area (TPSA) is 168 Å². The molecule has 4 aromatic carbocycles. The first kappa shape index (κ1) is 58.9. The standard InChI is InChI=1S/C14H18NO3.C14H18NO2.C14H19NO2.C14H19NO.2CH4/c1-8(16)10-5-6-11-12(7-10)15(9(2)17)13(18)14(11,3)4;1-5-15-12-8-10(9(2)16)6-7-11(12)14(3,4)13(15)17;1-5-10-6-7-11-12(8-10)15(9(2)16)13(17)14(11,3)4;1-5-10-7-8-11-12(9-10)15(6-2)13(16)14(11,3)4;;/h5-9,17H,1-4H3;6-9H,5H2,1-4H3;6-9,16H,5H2,1-4H3;7-9H,5-6H2,1-4H3;2*1H4/q2*-1;;;;. The molecular formula is C58H82N4O8-2. The van der Waals surface area contributed by atoms with Crippen molar-refractivity contribution >= 4 is 46.4 Å². The van der Waals surface area contributed by atoms with E-state index in [1.165, 1.54) is 20.9 Å². The summed E-state index contributed by atoms with van der Waals surface area (Å²) in [5.41, 5.74) is 9.38. The lowest BCUT2D eigenvalue weighted by molar-refractivity contribution is -0.420. The first-order valence-electron chi connectivity index (χ1n) is 24.1. The summed E-state index contributed by atoms with van der Waals surface area (Å²) in [6.07, 6.45) is -1.33. The number of likely N-dealkylation sites (N-methyl/N-ethyl adjacent to an activating group) is 2. The molecule has 4 heterocycles. The molecule has 0 fully saturated rings. The van der Waals surface area contributed by atoms with Crippen molar-refractivity contribution in [3.63, 3.8) is 0 Å². The fourth-order valence-electron chi connectivity index (χ4n) is 9.70. The number of aliphatic hydroxyl groups is 2. The third-order valence-corrected chi connectivity index (χ3v) is 14.2. The number of fused-ring (bicyclic) bond motifs is 4. The van der Waals surface area contributed by atoms with Gasteiger partial charge in [0.05, 0.1) is 33.0 Å². The molecule has 0 radical (unpaired) electrons. The molecule has 8 rings (SSSR count). The highest BCUT2D eigenvalue weighted by atomic mass is 16.3. The van der Waals surface area contributed by atoms with E-state index in [1.54, 1.807) is 44.7 Å². The number of nitrogens with zero attached hydrogens (tertiary/aromatic N) is 4. The van der Waals surface area contributed by atoms with Crippen LogP contribution in [0.1, 0.15) is 182 Å². The number of hydrogen-bond donors (Lipinski definition) is 2. The van der Waals surface area contributed by atoms with E-state index in [0.29, 0.717) is 17.8 Å². The molecule has 70 heavy (non-hydrogen) atoms. The lowest BCUT2D eigenvalue weighted by Gasteiger charge is -2.24. The Bertz CT molecular complexity index is 2550.